The molecular formula is C19H21N3O6. The molecule has 0 aliphatic rings. The van der Waals surface area contributed by atoms with Crippen LogP contribution in [-0.4, -0.2) is 43.2 Å². The summed E-state index contributed by atoms with van der Waals surface area (Å²) in [6.07, 6.45) is -1.05. The molecule has 9 nitrogen and oxygen atoms in total. The van der Waals surface area contributed by atoms with E-state index in [1.165, 1.54) is 26.2 Å². The second-order valence-electron chi connectivity index (χ2n) is 5.81. The number of nitro benzene ring substituents is 1. The van der Waals surface area contributed by atoms with E-state index in [9.17, 15) is 19.7 Å². The number of amides is 1. The zero-order chi connectivity index (χ0) is 20.5. The highest BCUT2D eigenvalue weighted by Crippen LogP contribution is 2.29. The number of methoxy groups -OCH3 is 1. The number of carbonyl (C=O) groups is 2. The number of benzene rings is 2. The van der Waals surface area contributed by atoms with Gasteiger partial charge in [0.05, 0.1) is 17.1 Å². The van der Waals surface area contributed by atoms with Crippen LogP contribution in [0, 0.1) is 10.1 Å². The number of esters is 1. The molecule has 0 spiro atoms. The Balaban J connectivity index is 2.11. The molecule has 0 aromatic heterocycles. The van der Waals surface area contributed by atoms with Gasteiger partial charge in [0, 0.05) is 25.4 Å². The van der Waals surface area contributed by atoms with Crippen molar-refractivity contribution in [3.8, 4) is 0 Å². The van der Waals surface area contributed by atoms with Gasteiger partial charge >= 0.3 is 5.97 Å². The first-order chi connectivity index (χ1) is 13.4. The summed E-state index contributed by atoms with van der Waals surface area (Å²) in [6, 6.07) is 12.9. The van der Waals surface area contributed by atoms with Crippen LogP contribution in [0.25, 0.3) is 0 Å². The molecule has 28 heavy (non-hydrogen) atoms. The lowest BCUT2D eigenvalue weighted by Crippen LogP contribution is -2.37. The summed E-state index contributed by atoms with van der Waals surface area (Å²) < 4.78 is 9.91. The lowest BCUT2D eigenvalue weighted by Gasteiger charge is -2.14. The number of para-hydroxylation sites is 1. The van der Waals surface area contributed by atoms with Crippen molar-refractivity contribution in [1.29, 1.82) is 0 Å². The predicted octanol–water partition coefficient (Wildman–Crippen LogP) is 2.65. The predicted molar refractivity (Wildman–Crippen MR) is 103 cm³/mol. The molecule has 0 saturated carbocycles. The SMILES string of the molecule is COCCNC(=O)[C@H](C)OC(=O)c1ccc(Nc2ccccc2)c([N+](=O)[O-])c1. The highest BCUT2D eigenvalue weighted by molar-refractivity contribution is 5.94. The van der Waals surface area contributed by atoms with Crippen LogP contribution in [0.3, 0.4) is 0 Å². The minimum Gasteiger partial charge on any atom is -0.449 e. The zero-order valence-corrected chi connectivity index (χ0v) is 15.5. The van der Waals surface area contributed by atoms with Gasteiger partial charge in [-0.1, -0.05) is 18.2 Å². The van der Waals surface area contributed by atoms with Crippen molar-refractivity contribution in [2.45, 2.75) is 13.0 Å². The van der Waals surface area contributed by atoms with Crippen molar-refractivity contribution in [3.63, 3.8) is 0 Å². The Morgan fingerprint density at radius 1 is 1.18 bits per heavy atom. The molecule has 0 unspecified atom stereocenters. The molecule has 0 radical (unpaired) electrons. The highest BCUT2D eigenvalue weighted by atomic mass is 16.6. The maximum atomic E-state index is 12.3. The molecule has 2 aromatic rings. The van der Waals surface area contributed by atoms with Gasteiger partial charge in [-0.2, -0.15) is 0 Å². The summed E-state index contributed by atoms with van der Waals surface area (Å²) in [5, 5.41) is 16.9. The van der Waals surface area contributed by atoms with Crippen LogP contribution in [0.1, 0.15) is 17.3 Å². The molecule has 1 amide bonds. The molecule has 0 aliphatic carbocycles. The number of anilines is 2. The number of carbonyl (C=O) groups excluding carboxylic acids is 2. The van der Waals surface area contributed by atoms with Crippen molar-refractivity contribution in [2.24, 2.45) is 0 Å². The summed E-state index contributed by atoms with van der Waals surface area (Å²) in [5.74, 6) is -1.31. The third-order valence-corrected chi connectivity index (χ3v) is 3.74. The fraction of sp³-hybridized carbons (Fsp3) is 0.263. The first-order valence-electron chi connectivity index (χ1n) is 8.50. The summed E-state index contributed by atoms with van der Waals surface area (Å²) >= 11 is 0. The Morgan fingerprint density at radius 2 is 1.89 bits per heavy atom. The van der Waals surface area contributed by atoms with Crippen LogP contribution in [-0.2, 0) is 14.3 Å². The van der Waals surface area contributed by atoms with Gasteiger partial charge in [0.25, 0.3) is 11.6 Å². The average molecular weight is 387 g/mol. The zero-order valence-electron chi connectivity index (χ0n) is 15.5. The van der Waals surface area contributed by atoms with Crippen molar-refractivity contribution in [2.75, 3.05) is 25.6 Å². The van der Waals surface area contributed by atoms with Crippen molar-refractivity contribution in [3.05, 3.63) is 64.2 Å². The molecule has 0 bridgehead atoms. The number of hydrogen-bond acceptors (Lipinski definition) is 7. The lowest BCUT2D eigenvalue weighted by atomic mass is 10.1. The average Bonchev–Trinajstić information content (AvgIpc) is 2.68. The monoisotopic (exact) mass is 387 g/mol. The van der Waals surface area contributed by atoms with Gasteiger partial charge in [-0.25, -0.2) is 4.79 Å². The minimum atomic E-state index is -1.05. The Hall–Kier alpha value is -3.46. The molecular weight excluding hydrogens is 366 g/mol. The number of hydrogen-bond donors (Lipinski definition) is 2. The van der Waals surface area contributed by atoms with Gasteiger partial charge in [-0.3, -0.25) is 14.9 Å². The third-order valence-electron chi connectivity index (χ3n) is 3.74. The van der Waals surface area contributed by atoms with Crippen LogP contribution >= 0.6 is 0 Å². The largest absolute Gasteiger partial charge is 0.449 e. The second kappa shape index (κ2) is 10.0. The Bertz CT molecular complexity index is 841. The number of nitrogens with zero attached hydrogens (tertiary/aromatic N) is 1. The third kappa shape index (κ3) is 5.78. The van der Waals surface area contributed by atoms with Crippen molar-refractivity contribution >= 4 is 28.9 Å². The molecule has 0 aliphatic heterocycles. The molecule has 0 saturated heterocycles. The van der Waals surface area contributed by atoms with E-state index < -0.39 is 22.9 Å². The minimum absolute atomic E-state index is 0.0261. The van der Waals surface area contributed by atoms with E-state index >= 15 is 0 Å². The Morgan fingerprint density at radius 3 is 2.54 bits per heavy atom. The molecule has 2 N–H and O–H groups in total. The van der Waals surface area contributed by atoms with Gasteiger partial charge in [0.2, 0.25) is 0 Å². The molecule has 2 rings (SSSR count). The second-order valence-corrected chi connectivity index (χ2v) is 5.81. The van der Waals surface area contributed by atoms with Crippen molar-refractivity contribution in [1.82, 2.24) is 5.32 Å². The molecule has 0 fully saturated rings. The summed E-state index contributed by atoms with van der Waals surface area (Å²) in [6.45, 7) is 2.02. The number of nitro groups is 1. The molecule has 148 valence electrons. The normalized spacial score (nSPS) is 11.4. The topological polar surface area (TPSA) is 120 Å². The summed E-state index contributed by atoms with van der Waals surface area (Å²) in [4.78, 5) is 34.9. The maximum Gasteiger partial charge on any atom is 0.339 e. The quantitative estimate of drug-likeness (QED) is 0.294. The summed E-state index contributed by atoms with van der Waals surface area (Å²) in [7, 11) is 1.50. The van der Waals surface area contributed by atoms with Gasteiger partial charge in [0.15, 0.2) is 6.10 Å². The van der Waals surface area contributed by atoms with Crippen LogP contribution in [0.4, 0.5) is 17.1 Å². The number of nitrogens with one attached hydrogen (secondary N) is 2. The number of rotatable bonds is 9. The Kier molecular flexibility index (Phi) is 7.46. The first kappa shape index (κ1) is 20.8. The van der Waals surface area contributed by atoms with E-state index in [2.05, 4.69) is 10.6 Å². The van der Waals surface area contributed by atoms with E-state index in [1.54, 1.807) is 24.3 Å². The fourth-order valence-electron chi connectivity index (χ4n) is 2.29. The van der Waals surface area contributed by atoms with Gasteiger partial charge in [0.1, 0.15) is 5.69 Å². The van der Waals surface area contributed by atoms with Crippen molar-refractivity contribution < 1.29 is 24.0 Å². The van der Waals surface area contributed by atoms with Crippen LogP contribution in [0.5, 0.6) is 0 Å². The number of ether oxygens (including phenoxy) is 2. The Labute approximate surface area is 161 Å². The van der Waals surface area contributed by atoms with Crippen LogP contribution in [0.2, 0.25) is 0 Å². The first-order valence-corrected chi connectivity index (χ1v) is 8.50. The van der Waals surface area contributed by atoms with Crippen LogP contribution < -0.4 is 10.6 Å². The summed E-state index contributed by atoms with van der Waals surface area (Å²) in [5.41, 5.74) is 0.595. The highest BCUT2D eigenvalue weighted by Gasteiger charge is 2.22. The molecule has 2 aromatic carbocycles. The van der Waals surface area contributed by atoms with E-state index in [-0.39, 0.29) is 23.5 Å². The molecule has 0 heterocycles. The van der Waals surface area contributed by atoms with Gasteiger partial charge in [-0.15, -0.1) is 0 Å². The van der Waals surface area contributed by atoms with E-state index in [0.717, 1.165) is 6.07 Å². The fourth-order valence-corrected chi connectivity index (χ4v) is 2.29. The maximum absolute atomic E-state index is 12.3. The van der Waals surface area contributed by atoms with E-state index in [0.29, 0.717) is 12.3 Å². The molecule has 9 heteroatoms. The smallest absolute Gasteiger partial charge is 0.339 e. The lowest BCUT2D eigenvalue weighted by molar-refractivity contribution is -0.383. The van der Waals surface area contributed by atoms with Gasteiger partial charge in [-0.05, 0) is 31.2 Å². The van der Waals surface area contributed by atoms with Gasteiger partial charge < -0.3 is 20.1 Å². The van der Waals surface area contributed by atoms with Crippen LogP contribution in [0.15, 0.2) is 48.5 Å². The van der Waals surface area contributed by atoms with E-state index in [4.69, 9.17) is 9.47 Å². The standard InChI is InChI=1S/C19H21N3O6/c1-13(18(23)20-10-11-27-2)28-19(24)14-8-9-16(17(12-14)22(25)26)21-15-6-4-3-5-7-15/h3-9,12-13,21H,10-11H2,1-2H3,(H,20,23)/t13-/m0/s1. The van der Waals surface area contributed by atoms with E-state index in [1.807, 2.05) is 6.07 Å². The molecule has 1 atom stereocenters.